The Morgan fingerprint density at radius 2 is 1.30 bits per heavy atom. The van der Waals surface area contributed by atoms with Gasteiger partial charge in [-0.15, -0.1) is 0 Å². The normalized spacial score (nSPS) is 21.1. The first-order chi connectivity index (χ1) is 19.4. The van der Waals surface area contributed by atoms with Crippen LogP contribution in [-0.4, -0.2) is 94.0 Å². The van der Waals surface area contributed by atoms with Crippen LogP contribution in [0.5, 0.6) is 0 Å². The van der Waals surface area contributed by atoms with Crippen LogP contribution in [0.25, 0.3) is 11.1 Å². The van der Waals surface area contributed by atoms with Gasteiger partial charge in [-0.3, -0.25) is 0 Å². The maximum Gasteiger partial charge on any atom is 0.154 e. The van der Waals surface area contributed by atoms with Crippen molar-refractivity contribution in [1.82, 2.24) is 9.97 Å². The molecule has 6 heterocycles. The molecule has 0 bridgehead atoms. The van der Waals surface area contributed by atoms with Crippen molar-refractivity contribution in [2.45, 2.75) is 12.8 Å². The fourth-order valence-electron chi connectivity index (χ4n) is 5.08. The van der Waals surface area contributed by atoms with Crippen LogP contribution in [0.2, 0.25) is 0 Å². The molecule has 4 aliphatic heterocycles. The number of thioether (sulfide) groups is 1. The Bertz CT molecular complexity index is 1350. The highest BCUT2D eigenvalue weighted by Gasteiger charge is 2.20. The molecule has 10 nitrogen and oxygen atoms in total. The van der Waals surface area contributed by atoms with E-state index in [2.05, 4.69) is 25.8 Å². The molecular weight excluding hydrogens is 548 g/mol. The van der Waals surface area contributed by atoms with E-state index in [0.29, 0.717) is 25.3 Å². The van der Waals surface area contributed by atoms with Gasteiger partial charge in [-0.1, -0.05) is 12.2 Å². The fraction of sp³-hybridized carbons (Fsp3) is 0.500. The predicted octanol–water partition coefficient (Wildman–Crippen LogP) is 2.72. The zero-order chi connectivity index (χ0) is 28.0. The van der Waals surface area contributed by atoms with Gasteiger partial charge in [0.1, 0.15) is 11.6 Å². The average Bonchev–Trinajstić information content (AvgIpc) is 2.99. The van der Waals surface area contributed by atoms with E-state index in [4.69, 9.17) is 20.9 Å². The first-order valence-electron chi connectivity index (χ1n) is 13.7. The zero-order valence-electron chi connectivity index (χ0n) is 22.8. The summed E-state index contributed by atoms with van der Waals surface area (Å²) in [5, 5.41) is 0. The van der Waals surface area contributed by atoms with Crippen LogP contribution in [0, 0.1) is 0 Å². The van der Waals surface area contributed by atoms with Crippen LogP contribution in [0.1, 0.15) is 24.0 Å². The minimum absolute atomic E-state index is 0.0903. The smallest absolute Gasteiger partial charge is 0.154 e. The minimum Gasteiger partial charge on any atom is -0.398 e. The van der Waals surface area contributed by atoms with Crippen LogP contribution in [0.15, 0.2) is 36.7 Å². The third-order valence-electron chi connectivity index (χ3n) is 7.43. The number of hydrogen-bond donors (Lipinski definition) is 2. The summed E-state index contributed by atoms with van der Waals surface area (Å²) in [5.74, 6) is 4.35. The molecule has 40 heavy (non-hydrogen) atoms. The Morgan fingerprint density at radius 1 is 0.775 bits per heavy atom. The number of rotatable bonds is 4. The number of aromatic nitrogens is 2. The highest BCUT2D eigenvalue weighted by Crippen LogP contribution is 2.31. The number of allylic oxidation sites excluding steroid dienone is 2. The molecule has 12 heteroatoms. The molecule has 0 unspecified atom stereocenters. The van der Waals surface area contributed by atoms with E-state index in [9.17, 15) is 8.42 Å². The highest BCUT2D eigenvalue weighted by molar-refractivity contribution is 7.99. The van der Waals surface area contributed by atoms with E-state index in [0.717, 1.165) is 85.6 Å². The molecule has 0 aliphatic carbocycles. The molecule has 0 spiro atoms. The third-order valence-corrected chi connectivity index (χ3v) is 9.83. The van der Waals surface area contributed by atoms with Gasteiger partial charge in [0.2, 0.25) is 0 Å². The molecule has 0 radical (unpaired) electrons. The molecular formula is C28H38N6O4S2. The Labute approximate surface area is 240 Å². The van der Waals surface area contributed by atoms with Gasteiger partial charge in [0.25, 0.3) is 0 Å². The average molecular weight is 587 g/mol. The predicted molar refractivity (Wildman–Crippen MR) is 165 cm³/mol. The molecule has 216 valence electrons. The molecule has 4 aliphatic rings. The van der Waals surface area contributed by atoms with Gasteiger partial charge in [0.05, 0.1) is 37.9 Å². The quantitative estimate of drug-likeness (QED) is 0.547. The number of sulfone groups is 1. The lowest BCUT2D eigenvalue weighted by atomic mass is 10.0. The number of anilines is 4. The Kier molecular flexibility index (Phi) is 9.51. The Hall–Kier alpha value is -2.80. The zero-order valence-corrected chi connectivity index (χ0v) is 24.4. The molecule has 0 atom stereocenters. The molecule has 2 aromatic heterocycles. The van der Waals surface area contributed by atoms with Crippen molar-refractivity contribution < 1.29 is 17.9 Å². The maximum absolute atomic E-state index is 11.5. The van der Waals surface area contributed by atoms with E-state index < -0.39 is 9.84 Å². The lowest BCUT2D eigenvalue weighted by molar-refractivity contribution is 0.122. The number of nitrogens with two attached hydrogens (primary N) is 2. The number of nitrogen functional groups attached to an aromatic ring is 2. The van der Waals surface area contributed by atoms with Crippen LogP contribution in [0.4, 0.5) is 23.0 Å². The van der Waals surface area contributed by atoms with Gasteiger partial charge >= 0.3 is 0 Å². The lowest BCUT2D eigenvalue weighted by Crippen LogP contribution is -2.36. The number of nitrogens with zero attached hydrogens (tertiary/aromatic N) is 4. The van der Waals surface area contributed by atoms with Crippen LogP contribution >= 0.6 is 11.8 Å². The largest absolute Gasteiger partial charge is 0.398 e. The monoisotopic (exact) mass is 586 g/mol. The summed E-state index contributed by atoms with van der Waals surface area (Å²) in [6, 6.07) is 3.87. The molecule has 2 saturated heterocycles. The molecule has 2 aromatic rings. The Morgan fingerprint density at radius 3 is 1.73 bits per heavy atom. The lowest BCUT2D eigenvalue weighted by Gasteiger charge is -2.28. The van der Waals surface area contributed by atoms with Gasteiger partial charge in [-0.25, -0.2) is 18.4 Å². The van der Waals surface area contributed by atoms with Crippen molar-refractivity contribution in [2.75, 3.05) is 96.9 Å². The second-order valence-electron chi connectivity index (χ2n) is 10.1. The molecule has 0 saturated carbocycles. The second kappa shape index (κ2) is 13.2. The van der Waals surface area contributed by atoms with Crippen molar-refractivity contribution in [3.63, 3.8) is 0 Å². The van der Waals surface area contributed by atoms with E-state index in [1.165, 1.54) is 11.3 Å². The molecule has 0 amide bonds. The number of pyridine rings is 2. The first kappa shape index (κ1) is 28.7. The summed E-state index contributed by atoms with van der Waals surface area (Å²) in [6.45, 7) is 6.35. The summed E-state index contributed by atoms with van der Waals surface area (Å²) in [4.78, 5) is 13.4. The highest BCUT2D eigenvalue weighted by atomic mass is 32.2. The van der Waals surface area contributed by atoms with Crippen molar-refractivity contribution in [1.29, 1.82) is 0 Å². The van der Waals surface area contributed by atoms with E-state index >= 15 is 0 Å². The van der Waals surface area contributed by atoms with Gasteiger partial charge in [0, 0.05) is 79.0 Å². The first-order valence-corrected chi connectivity index (χ1v) is 16.7. The SMILES string of the molecule is Nc1cc(N2CCOCC2)ncc1C1=CCS(=O)(=O)CC1.Nc1cc(N2CCOCC2)ncc1C1=CCSCC1. The topological polar surface area (TPSA) is 137 Å². The van der Waals surface area contributed by atoms with Crippen molar-refractivity contribution >= 4 is 55.8 Å². The summed E-state index contributed by atoms with van der Waals surface area (Å²) >= 11 is 1.97. The van der Waals surface area contributed by atoms with Crippen molar-refractivity contribution in [2.24, 2.45) is 0 Å². The summed E-state index contributed by atoms with van der Waals surface area (Å²) in [7, 11) is -2.92. The van der Waals surface area contributed by atoms with Gasteiger partial charge in [0.15, 0.2) is 9.84 Å². The summed E-state index contributed by atoms with van der Waals surface area (Å²) in [6.07, 6.45) is 9.31. The molecule has 2 fully saturated rings. The summed E-state index contributed by atoms with van der Waals surface area (Å²) in [5.41, 5.74) is 18.1. The Balaban J connectivity index is 0.000000162. The standard InChI is InChI=1S/C14H19N3O3S.C14H19N3OS/c15-13-9-14(17-3-5-20-6-4-17)16-10-12(13)11-1-7-21(18,19)8-2-11;15-13-9-14(17-3-5-18-6-4-17)16-10-12(13)11-1-7-19-8-2-11/h1,9-10H,2-8H2,(H2,15,16);1,9-10H,2-8H2,(H2,15,16). The molecule has 0 aromatic carbocycles. The van der Waals surface area contributed by atoms with Crippen molar-refractivity contribution in [3.8, 4) is 0 Å². The number of ether oxygens (including phenoxy) is 2. The summed E-state index contributed by atoms with van der Waals surface area (Å²) < 4.78 is 33.6. The maximum atomic E-state index is 11.5. The minimum atomic E-state index is -2.92. The van der Waals surface area contributed by atoms with Gasteiger partial charge < -0.3 is 30.7 Å². The van der Waals surface area contributed by atoms with Gasteiger partial charge in [-0.05, 0) is 29.7 Å². The van der Waals surface area contributed by atoms with Crippen molar-refractivity contribution in [3.05, 3.63) is 47.8 Å². The van der Waals surface area contributed by atoms with E-state index in [-0.39, 0.29) is 11.5 Å². The molecule has 4 N–H and O–H groups in total. The number of hydrogen-bond acceptors (Lipinski definition) is 11. The third kappa shape index (κ3) is 7.28. The molecule has 6 rings (SSSR count). The van der Waals surface area contributed by atoms with Gasteiger partial charge in [-0.2, -0.15) is 11.8 Å². The van der Waals surface area contributed by atoms with Crippen LogP contribution < -0.4 is 21.3 Å². The van der Waals surface area contributed by atoms with Crippen LogP contribution in [0.3, 0.4) is 0 Å². The van der Waals surface area contributed by atoms with Crippen LogP contribution in [-0.2, 0) is 19.3 Å². The van der Waals surface area contributed by atoms with E-state index in [1.807, 2.05) is 30.1 Å². The second-order valence-corrected chi connectivity index (χ2v) is 13.5. The van der Waals surface area contributed by atoms with E-state index in [1.54, 1.807) is 12.3 Å². The number of morpholine rings is 2. The fourth-order valence-corrected chi connectivity index (χ4v) is 7.08.